The number of nitrogens with one attached hydrogen (secondary N) is 1. The lowest BCUT2D eigenvalue weighted by molar-refractivity contribution is -0.137. The van der Waals surface area contributed by atoms with E-state index in [0.717, 1.165) is 16.9 Å². The molecule has 0 aromatic heterocycles. The molecule has 1 aliphatic rings. The Morgan fingerprint density at radius 2 is 1.71 bits per heavy atom. The van der Waals surface area contributed by atoms with Crippen molar-refractivity contribution in [2.45, 2.75) is 32.2 Å². The Balaban J connectivity index is 1.36. The lowest BCUT2D eigenvalue weighted by Gasteiger charge is -2.38. The average molecular weight is 475 g/mol. The largest absolute Gasteiger partial charge is 0.489 e. The summed E-state index contributed by atoms with van der Waals surface area (Å²) in [7, 11) is 0. The second-order valence-electron chi connectivity index (χ2n) is 7.61. The molecule has 1 aliphatic heterocycles. The fourth-order valence-electron chi connectivity index (χ4n) is 3.32. The number of hydrogen-bond donors (Lipinski definition) is 1. The Labute approximate surface area is 189 Å². The van der Waals surface area contributed by atoms with E-state index in [2.05, 4.69) is 10.2 Å². The summed E-state index contributed by atoms with van der Waals surface area (Å²) in [4.78, 5) is 14.1. The van der Waals surface area contributed by atoms with Crippen molar-refractivity contribution in [1.82, 2.24) is 10.2 Å². The molecule has 0 spiro atoms. The molecule has 168 valence electrons. The van der Waals surface area contributed by atoms with E-state index in [1.165, 1.54) is 0 Å². The zero-order chi connectivity index (χ0) is 22.4. The van der Waals surface area contributed by atoms with Crippen molar-refractivity contribution in [3.05, 3.63) is 63.6 Å². The van der Waals surface area contributed by atoms with Crippen LogP contribution >= 0.6 is 23.2 Å². The van der Waals surface area contributed by atoms with E-state index in [-0.39, 0.29) is 24.8 Å². The van der Waals surface area contributed by atoms with Gasteiger partial charge in [0.25, 0.3) is 0 Å². The molecule has 1 fully saturated rings. The second-order valence-corrected chi connectivity index (χ2v) is 8.48. The molecule has 0 atom stereocenters. The highest BCUT2D eigenvalue weighted by Gasteiger charge is 2.32. The zero-order valence-corrected chi connectivity index (χ0v) is 18.2. The SMILES string of the molecule is O=C(NCCCC(F)(F)F)C1CN(Cc2ccc(OCc3cc(Cl)cc(Cl)c3)cc2)C1. The van der Waals surface area contributed by atoms with Crippen LogP contribution in [0.15, 0.2) is 42.5 Å². The summed E-state index contributed by atoms with van der Waals surface area (Å²) in [6.45, 7) is 2.29. The maximum Gasteiger partial charge on any atom is 0.389 e. The van der Waals surface area contributed by atoms with Gasteiger partial charge in [0.1, 0.15) is 12.4 Å². The van der Waals surface area contributed by atoms with Crippen LogP contribution in [0.3, 0.4) is 0 Å². The first-order valence-electron chi connectivity index (χ1n) is 9.91. The summed E-state index contributed by atoms with van der Waals surface area (Å²) in [6, 6.07) is 13.0. The number of amides is 1. The molecule has 31 heavy (non-hydrogen) atoms. The highest BCUT2D eigenvalue weighted by Crippen LogP contribution is 2.23. The van der Waals surface area contributed by atoms with Gasteiger partial charge in [-0.05, 0) is 47.9 Å². The molecule has 0 bridgehead atoms. The van der Waals surface area contributed by atoms with Crippen molar-refractivity contribution in [2.75, 3.05) is 19.6 Å². The number of ether oxygens (including phenoxy) is 1. The normalized spacial score (nSPS) is 14.9. The summed E-state index contributed by atoms with van der Waals surface area (Å²) in [5.74, 6) is 0.376. The minimum atomic E-state index is -4.18. The molecular formula is C22H23Cl2F3N2O2. The number of hydrogen-bond acceptors (Lipinski definition) is 3. The number of benzene rings is 2. The average Bonchev–Trinajstić information content (AvgIpc) is 2.65. The van der Waals surface area contributed by atoms with Crippen LogP contribution in [0.2, 0.25) is 10.0 Å². The van der Waals surface area contributed by atoms with Gasteiger partial charge in [-0.15, -0.1) is 0 Å². The summed E-state index contributed by atoms with van der Waals surface area (Å²) in [5, 5.41) is 3.70. The highest BCUT2D eigenvalue weighted by molar-refractivity contribution is 6.34. The molecule has 4 nitrogen and oxygen atoms in total. The van der Waals surface area contributed by atoms with Crippen molar-refractivity contribution in [2.24, 2.45) is 5.92 Å². The smallest absolute Gasteiger partial charge is 0.389 e. The van der Waals surface area contributed by atoms with Gasteiger partial charge in [-0.2, -0.15) is 13.2 Å². The summed E-state index contributed by atoms with van der Waals surface area (Å²) < 4.78 is 42.1. The van der Waals surface area contributed by atoms with Crippen LogP contribution in [-0.2, 0) is 17.9 Å². The highest BCUT2D eigenvalue weighted by atomic mass is 35.5. The zero-order valence-electron chi connectivity index (χ0n) is 16.7. The van der Waals surface area contributed by atoms with Gasteiger partial charge in [0.05, 0.1) is 5.92 Å². The summed E-state index contributed by atoms with van der Waals surface area (Å²) >= 11 is 12.0. The van der Waals surface area contributed by atoms with E-state index in [4.69, 9.17) is 27.9 Å². The van der Waals surface area contributed by atoms with Crippen LogP contribution in [0, 0.1) is 5.92 Å². The van der Waals surface area contributed by atoms with Crippen LogP contribution in [0.4, 0.5) is 13.2 Å². The first-order valence-corrected chi connectivity index (χ1v) is 10.7. The number of nitrogens with zero attached hydrogens (tertiary/aromatic N) is 1. The van der Waals surface area contributed by atoms with E-state index < -0.39 is 12.6 Å². The Bertz CT molecular complexity index is 865. The predicted octanol–water partition coefficient (Wildman–Crippen LogP) is 5.46. The molecule has 0 aliphatic carbocycles. The van der Waals surface area contributed by atoms with Gasteiger partial charge in [0.2, 0.25) is 5.91 Å². The number of alkyl halides is 3. The van der Waals surface area contributed by atoms with Crippen LogP contribution in [0.25, 0.3) is 0 Å². The predicted molar refractivity (Wildman–Crippen MR) is 114 cm³/mol. The van der Waals surface area contributed by atoms with Crippen molar-refractivity contribution in [3.8, 4) is 5.75 Å². The Hall–Kier alpha value is -1.96. The Kier molecular flexibility index (Phi) is 8.08. The molecule has 2 aromatic rings. The molecule has 0 saturated carbocycles. The van der Waals surface area contributed by atoms with Crippen LogP contribution in [-0.4, -0.2) is 36.6 Å². The van der Waals surface area contributed by atoms with Crippen molar-refractivity contribution in [1.29, 1.82) is 0 Å². The van der Waals surface area contributed by atoms with Crippen LogP contribution in [0.5, 0.6) is 5.75 Å². The van der Waals surface area contributed by atoms with Gasteiger partial charge in [-0.3, -0.25) is 9.69 Å². The number of rotatable bonds is 9. The molecule has 1 N–H and O–H groups in total. The first-order chi connectivity index (χ1) is 14.7. The Morgan fingerprint density at radius 1 is 1.06 bits per heavy atom. The molecule has 0 unspecified atom stereocenters. The number of carbonyl (C=O) groups is 1. The van der Waals surface area contributed by atoms with Crippen molar-refractivity contribution in [3.63, 3.8) is 0 Å². The van der Waals surface area contributed by atoms with Crippen molar-refractivity contribution >= 4 is 29.1 Å². The quantitative estimate of drug-likeness (QED) is 0.490. The second kappa shape index (κ2) is 10.6. The number of carbonyl (C=O) groups excluding carboxylic acids is 1. The number of likely N-dealkylation sites (tertiary alicyclic amines) is 1. The van der Waals surface area contributed by atoms with E-state index in [1.54, 1.807) is 18.2 Å². The fourth-order valence-corrected chi connectivity index (χ4v) is 3.89. The van der Waals surface area contributed by atoms with Gasteiger partial charge in [0, 0.05) is 42.6 Å². The minimum absolute atomic E-state index is 0.0533. The third kappa shape index (κ3) is 7.91. The van der Waals surface area contributed by atoms with Gasteiger partial charge in [0.15, 0.2) is 0 Å². The third-order valence-electron chi connectivity index (χ3n) is 4.92. The Morgan fingerprint density at radius 3 is 2.32 bits per heavy atom. The molecule has 3 rings (SSSR count). The van der Waals surface area contributed by atoms with Gasteiger partial charge >= 0.3 is 6.18 Å². The molecule has 2 aromatic carbocycles. The molecule has 1 amide bonds. The maximum absolute atomic E-state index is 12.1. The maximum atomic E-state index is 12.1. The molecule has 1 heterocycles. The van der Waals surface area contributed by atoms with Gasteiger partial charge in [-0.1, -0.05) is 35.3 Å². The fraction of sp³-hybridized carbons (Fsp3) is 0.409. The van der Waals surface area contributed by atoms with Gasteiger partial charge in [-0.25, -0.2) is 0 Å². The van der Waals surface area contributed by atoms with E-state index >= 15 is 0 Å². The van der Waals surface area contributed by atoms with Crippen LogP contribution in [0.1, 0.15) is 24.0 Å². The van der Waals surface area contributed by atoms with E-state index in [0.29, 0.717) is 36.3 Å². The summed E-state index contributed by atoms with van der Waals surface area (Å²) in [6.07, 6.45) is -5.15. The molecular weight excluding hydrogens is 452 g/mol. The molecule has 9 heteroatoms. The minimum Gasteiger partial charge on any atom is -0.489 e. The summed E-state index contributed by atoms with van der Waals surface area (Å²) in [5.41, 5.74) is 1.96. The van der Waals surface area contributed by atoms with E-state index in [9.17, 15) is 18.0 Å². The third-order valence-corrected chi connectivity index (χ3v) is 5.36. The standard InChI is InChI=1S/C22H23Cl2F3N2O2/c23-18-8-16(9-19(24)10-18)14-31-20-4-2-15(3-5-20)11-29-12-17(13-29)21(30)28-7-1-6-22(25,26)27/h2-5,8-10,17H,1,6-7,11-14H2,(H,28,30). The van der Waals surface area contributed by atoms with Gasteiger partial charge < -0.3 is 10.1 Å². The van der Waals surface area contributed by atoms with Crippen molar-refractivity contribution < 1.29 is 22.7 Å². The first kappa shape index (κ1) is 23.7. The monoisotopic (exact) mass is 474 g/mol. The lowest BCUT2D eigenvalue weighted by Crippen LogP contribution is -2.53. The lowest BCUT2D eigenvalue weighted by atomic mass is 9.98. The topological polar surface area (TPSA) is 41.6 Å². The van der Waals surface area contributed by atoms with E-state index in [1.807, 2.05) is 24.3 Å². The molecule has 1 saturated heterocycles. The van der Waals surface area contributed by atoms with Crippen LogP contribution < -0.4 is 10.1 Å². The molecule has 0 radical (unpaired) electrons. The number of halogens is 5.